The fourth-order valence-electron chi connectivity index (χ4n) is 2.67. The van der Waals surface area contributed by atoms with Gasteiger partial charge in [0.15, 0.2) is 0 Å². The molecule has 1 unspecified atom stereocenters. The van der Waals surface area contributed by atoms with Gasteiger partial charge in [0.05, 0.1) is 0 Å². The Kier molecular flexibility index (Phi) is 3.72. The summed E-state index contributed by atoms with van der Waals surface area (Å²) in [6.07, 6.45) is 1.12. The molecule has 0 radical (unpaired) electrons. The van der Waals surface area contributed by atoms with Crippen molar-refractivity contribution < 1.29 is 0 Å². The van der Waals surface area contributed by atoms with Crippen molar-refractivity contribution >= 4 is 5.69 Å². The Balaban J connectivity index is 2.24. The van der Waals surface area contributed by atoms with Crippen LogP contribution < -0.4 is 10.2 Å². The van der Waals surface area contributed by atoms with Crippen LogP contribution in [0, 0.1) is 0 Å². The lowest BCUT2D eigenvalue weighted by Gasteiger charge is -2.24. The van der Waals surface area contributed by atoms with E-state index in [1.807, 2.05) is 7.05 Å². The monoisotopic (exact) mass is 232 g/mol. The summed E-state index contributed by atoms with van der Waals surface area (Å²) in [7, 11) is 2.01. The predicted molar refractivity (Wildman–Crippen MR) is 75.0 cm³/mol. The molecule has 2 heteroatoms. The van der Waals surface area contributed by atoms with Crippen molar-refractivity contribution in [2.45, 2.75) is 39.2 Å². The molecule has 0 bridgehead atoms. The van der Waals surface area contributed by atoms with Gasteiger partial charge < -0.3 is 10.2 Å². The minimum Gasteiger partial charge on any atom is -0.368 e. The second-order valence-electron chi connectivity index (χ2n) is 5.39. The number of nitrogens with zero attached hydrogens (tertiary/aromatic N) is 1. The summed E-state index contributed by atoms with van der Waals surface area (Å²) >= 11 is 0. The van der Waals surface area contributed by atoms with Crippen molar-refractivity contribution in [2.24, 2.45) is 0 Å². The molecule has 0 aromatic heterocycles. The molecule has 17 heavy (non-hydrogen) atoms. The fourth-order valence-corrected chi connectivity index (χ4v) is 2.67. The number of hydrogen-bond acceptors (Lipinski definition) is 2. The zero-order chi connectivity index (χ0) is 12.4. The molecule has 1 N–H and O–H groups in total. The van der Waals surface area contributed by atoms with E-state index in [2.05, 4.69) is 49.2 Å². The summed E-state index contributed by atoms with van der Waals surface area (Å²) in [5.41, 5.74) is 4.43. The first-order valence-corrected chi connectivity index (χ1v) is 6.67. The molecular formula is C15H24N2. The van der Waals surface area contributed by atoms with Crippen LogP contribution >= 0.6 is 0 Å². The summed E-state index contributed by atoms with van der Waals surface area (Å²) in [4.78, 5) is 2.52. The Morgan fingerprint density at radius 2 is 2.18 bits per heavy atom. The number of benzene rings is 1. The van der Waals surface area contributed by atoms with Crippen LogP contribution in [0.4, 0.5) is 5.69 Å². The molecular weight excluding hydrogens is 208 g/mol. The first-order chi connectivity index (χ1) is 8.13. The van der Waals surface area contributed by atoms with E-state index in [4.69, 9.17) is 0 Å². The first kappa shape index (κ1) is 12.4. The Hall–Kier alpha value is -1.02. The average Bonchev–Trinajstić information content (AvgIpc) is 2.64. The smallest absolute Gasteiger partial charge is 0.0404 e. The maximum Gasteiger partial charge on any atom is 0.0404 e. The Labute approximate surface area is 105 Å². The Morgan fingerprint density at radius 3 is 2.82 bits per heavy atom. The van der Waals surface area contributed by atoms with Gasteiger partial charge in [0.2, 0.25) is 0 Å². The molecule has 0 spiro atoms. The van der Waals surface area contributed by atoms with Crippen molar-refractivity contribution in [3.05, 3.63) is 29.3 Å². The Bertz CT molecular complexity index is 385. The minimum absolute atomic E-state index is 0.599. The maximum atomic E-state index is 3.21. The molecule has 1 aromatic carbocycles. The summed E-state index contributed by atoms with van der Waals surface area (Å²) in [6.45, 7) is 9.11. The molecule has 0 aliphatic carbocycles. The van der Waals surface area contributed by atoms with E-state index < -0.39 is 0 Å². The maximum absolute atomic E-state index is 3.21. The highest BCUT2D eigenvalue weighted by Gasteiger charge is 2.26. The number of nitrogens with one attached hydrogen (secondary N) is 1. The van der Waals surface area contributed by atoms with Crippen LogP contribution in [0.1, 0.15) is 37.8 Å². The lowest BCUT2D eigenvalue weighted by Crippen LogP contribution is -2.28. The van der Waals surface area contributed by atoms with Crippen molar-refractivity contribution in [1.29, 1.82) is 0 Å². The molecule has 0 saturated carbocycles. The van der Waals surface area contributed by atoms with Crippen molar-refractivity contribution in [1.82, 2.24) is 5.32 Å². The summed E-state index contributed by atoms with van der Waals surface area (Å²) < 4.78 is 0. The van der Waals surface area contributed by atoms with Crippen LogP contribution in [0.3, 0.4) is 0 Å². The van der Waals surface area contributed by atoms with Crippen LogP contribution in [0.5, 0.6) is 0 Å². The van der Waals surface area contributed by atoms with Crippen LogP contribution in [0.25, 0.3) is 0 Å². The first-order valence-electron chi connectivity index (χ1n) is 6.67. The molecule has 2 nitrogen and oxygen atoms in total. The molecule has 1 aliphatic heterocycles. The summed E-state index contributed by atoms with van der Waals surface area (Å²) in [5.74, 6) is 0.668. The van der Waals surface area contributed by atoms with Gasteiger partial charge in [-0.25, -0.2) is 0 Å². The van der Waals surface area contributed by atoms with Gasteiger partial charge in [0, 0.05) is 24.2 Å². The van der Waals surface area contributed by atoms with Crippen molar-refractivity contribution in [3.63, 3.8) is 0 Å². The van der Waals surface area contributed by atoms with E-state index in [0.29, 0.717) is 12.0 Å². The van der Waals surface area contributed by atoms with E-state index in [0.717, 1.165) is 13.0 Å². The highest BCUT2D eigenvalue weighted by atomic mass is 15.2. The van der Waals surface area contributed by atoms with Gasteiger partial charge in [0.1, 0.15) is 0 Å². The quantitative estimate of drug-likeness (QED) is 0.858. The lowest BCUT2D eigenvalue weighted by atomic mass is 10.00. The molecule has 0 saturated heterocycles. The van der Waals surface area contributed by atoms with Crippen molar-refractivity contribution in [3.8, 4) is 0 Å². The van der Waals surface area contributed by atoms with E-state index in [-0.39, 0.29) is 0 Å². The normalized spacial score (nSPS) is 18.9. The van der Waals surface area contributed by atoms with E-state index in [1.165, 1.54) is 23.4 Å². The molecule has 0 fully saturated rings. The SMILES string of the molecule is CNCCc1ccc2c(c1)C(C)CN2C(C)C. The number of likely N-dealkylation sites (N-methyl/N-ethyl adjacent to an activating group) is 1. The minimum atomic E-state index is 0.599. The van der Waals surface area contributed by atoms with Crippen LogP contribution in [0.15, 0.2) is 18.2 Å². The van der Waals surface area contributed by atoms with Gasteiger partial charge in [-0.15, -0.1) is 0 Å². The van der Waals surface area contributed by atoms with E-state index in [9.17, 15) is 0 Å². The van der Waals surface area contributed by atoms with Crippen LogP contribution in [0.2, 0.25) is 0 Å². The highest BCUT2D eigenvalue weighted by Crippen LogP contribution is 2.37. The van der Waals surface area contributed by atoms with Crippen LogP contribution in [-0.2, 0) is 6.42 Å². The number of anilines is 1. The van der Waals surface area contributed by atoms with Gasteiger partial charge in [-0.3, -0.25) is 0 Å². The van der Waals surface area contributed by atoms with Gasteiger partial charge >= 0.3 is 0 Å². The predicted octanol–water partition coefficient (Wildman–Crippen LogP) is 2.78. The Morgan fingerprint density at radius 1 is 1.41 bits per heavy atom. The highest BCUT2D eigenvalue weighted by molar-refractivity contribution is 5.61. The molecule has 1 aliphatic rings. The zero-order valence-electron chi connectivity index (χ0n) is 11.5. The second-order valence-corrected chi connectivity index (χ2v) is 5.39. The van der Waals surface area contributed by atoms with E-state index >= 15 is 0 Å². The molecule has 1 heterocycles. The zero-order valence-corrected chi connectivity index (χ0v) is 11.5. The largest absolute Gasteiger partial charge is 0.368 e. The standard InChI is InChI=1S/C15H24N2/c1-11(2)17-10-12(3)14-9-13(7-8-16-4)5-6-15(14)17/h5-6,9,11-12,16H,7-8,10H2,1-4H3. The molecule has 2 rings (SSSR count). The third kappa shape index (κ3) is 2.47. The topological polar surface area (TPSA) is 15.3 Å². The molecule has 0 amide bonds. The number of fused-ring (bicyclic) bond motifs is 1. The van der Waals surface area contributed by atoms with Gasteiger partial charge in [0.25, 0.3) is 0 Å². The number of rotatable bonds is 4. The second kappa shape index (κ2) is 5.09. The van der Waals surface area contributed by atoms with Gasteiger partial charge in [-0.2, -0.15) is 0 Å². The number of hydrogen-bond donors (Lipinski definition) is 1. The summed E-state index contributed by atoms with van der Waals surface area (Å²) in [5, 5.41) is 3.21. The third-order valence-electron chi connectivity index (χ3n) is 3.69. The van der Waals surface area contributed by atoms with E-state index in [1.54, 1.807) is 0 Å². The fraction of sp³-hybridized carbons (Fsp3) is 0.600. The summed E-state index contributed by atoms with van der Waals surface area (Å²) in [6, 6.07) is 7.59. The lowest BCUT2D eigenvalue weighted by molar-refractivity contribution is 0.670. The molecule has 1 aromatic rings. The average molecular weight is 232 g/mol. The molecule has 94 valence electrons. The van der Waals surface area contributed by atoms with Crippen molar-refractivity contribution in [2.75, 3.05) is 25.0 Å². The third-order valence-corrected chi connectivity index (χ3v) is 3.69. The van der Waals surface area contributed by atoms with Crippen LogP contribution in [-0.4, -0.2) is 26.2 Å². The molecule has 1 atom stereocenters. The van der Waals surface area contributed by atoms with Gasteiger partial charge in [-0.05, 0) is 51.1 Å². The van der Waals surface area contributed by atoms with Gasteiger partial charge in [-0.1, -0.05) is 19.1 Å².